The molecule has 6 heteroatoms. The van der Waals surface area contributed by atoms with Crippen molar-refractivity contribution in [2.75, 3.05) is 6.61 Å². The van der Waals surface area contributed by atoms with Crippen LogP contribution in [0.15, 0.2) is 48.5 Å². The molecule has 0 heterocycles. The quantitative estimate of drug-likeness (QED) is 0.520. The molecule has 1 N–H and O–H groups in total. The predicted octanol–water partition coefficient (Wildman–Crippen LogP) is 4.10. The van der Waals surface area contributed by atoms with Crippen LogP contribution >= 0.6 is 0 Å². The number of rotatable bonds is 9. The summed E-state index contributed by atoms with van der Waals surface area (Å²) < 4.78 is 23.7. The summed E-state index contributed by atoms with van der Waals surface area (Å²) in [6.45, 7) is 5.67. The van der Waals surface area contributed by atoms with Crippen molar-refractivity contribution in [1.29, 1.82) is 0 Å². The maximum Gasteiger partial charge on any atom is 0.306 e. The zero-order chi connectivity index (χ0) is 20.5. The highest BCUT2D eigenvalue weighted by Crippen LogP contribution is 2.14. The van der Waals surface area contributed by atoms with Crippen molar-refractivity contribution in [2.24, 2.45) is 0 Å². The number of esters is 1. The van der Waals surface area contributed by atoms with Crippen molar-refractivity contribution < 1.29 is 23.5 Å². The molecule has 2 aromatic rings. The molecule has 0 aliphatic rings. The van der Waals surface area contributed by atoms with Crippen LogP contribution in [0.3, 0.4) is 0 Å². The van der Waals surface area contributed by atoms with Gasteiger partial charge in [0.1, 0.15) is 11.6 Å². The Bertz CT molecular complexity index is 791. The number of aryl methyl sites for hydroxylation is 1. The van der Waals surface area contributed by atoms with Gasteiger partial charge in [-0.2, -0.15) is 0 Å². The first kappa shape index (κ1) is 21.4. The van der Waals surface area contributed by atoms with Gasteiger partial charge in [0.05, 0.1) is 12.6 Å². The number of carbonyl (C=O) groups excluding carboxylic acids is 2. The van der Waals surface area contributed by atoms with E-state index in [-0.39, 0.29) is 18.3 Å². The third kappa shape index (κ3) is 7.02. The minimum Gasteiger partial charge on any atom is -0.494 e. The summed E-state index contributed by atoms with van der Waals surface area (Å²) in [4.78, 5) is 24.1. The normalized spacial score (nSPS) is 12.7. The van der Waals surface area contributed by atoms with Crippen molar-refractivity contribution in [3.8, 4) is 5.75 Å². The average molecular weight is 387 g/mol. The maximum atomic E-state index is 13.0. The lowest BCUT2D eigenvalue weighted by Crippen LogP contribution is -2.37. The molecule has 2 unspecified atom stereocenters. The molecule has 5 nitrogen and oxygen atoms in total. The van der Waals surface area contributed by atoms with E-state index < -0.39 is 18.0 Å². The smallest absolute Gasteiger partial charge is 0.306 e. The van der Waals surface area contributed by atoms with E-state index in [1.165, 1.54) is 19.1 Å². The van der Waals surface area contributed by atoms with Crippen molar-refractivity contribution >= 4 is 11.9 Å². The van der Waals surface area contributed by atoms with Crippen LogP contribution in [0.5, 0.6) is 5.75 Å². The minimum absolute atomic E-state index is 0.164. The Morgan fingerprint density at radius 1 is 1.11 bits per heavy atom. The van der Waals surface area contributed by atoms with Crippen LogP contribution in [0, 0.1) is 12.7 Å². The molecule has 2 aromatic carbocycles. The second-order valence-electron chi connectivity index (χ2n) is 6.68. The van der Waals surface area contributed by atoms with Crippen molar-refractivity contribution in [3.63, 3.8) is 0 Å². The molecule has 0 spiro atoms. The summed E-state index contributed by atoms with van der Waals surface area (Å²) in [5.74, 6) is -0.432. The van der Waals surface area contributed by atoms with Gasteiger partial charge in [0.15, 0.2) is 6.10 Å². The molecular weight excluding hydrogens is 361 g/mol. The van der Waals surface area contributed by atoms with Crippen molar-refractivity contribution in [1.82, 2.24) is 5.32 Å². The summed E-state index contributed by atoms with van der Waals surface area (Å²) in [5, 5.41) is 2.75. The Kier molecular flexibility index (Phi) is 7.99. The van der Waals surface area contributed by atoms with Crippen molar-refractivity contribution in [3.05, 3.63) is 65.5 Å². The largest absolute Gasteiger partial charge is 0.494 e. The third-order valence-corrected chi connectivity index (χ3v) is 4.19. The topological polar surface area (TPSA) is 64.6 Å². The van der Waals surface area contributed by atoms with Crippen LogP contribution < -0.4 is 10.1 Å². The number of amides is 1. The summed E-state index contributed by atoms with van der Waals surface area (Å²) in [5.41, 5.74) is 1.87. The lowest BCUT2D eigenvalue weighted by atomic mass is 10.1. The highest BCUT2D eigenvalue weighted by atomic mass is 19.1. The van der Waals surface area contributed by atoms with E-state index in [1.807, 2.05) is 31.2 Å². The van der Waals surface area contributed by atoms with E-state index in [2.05, 4.69) is 5.32 Å². The predicted molar refractivity (Wildman–Crippen MR) is 104 cm³/mol. The van der Waals surface area contributed by atoms with Crippen LogP contribution in [-0.4, -0.2) is 24.6 Å². The van der Waals surface area contributed by atoms with Gasteiger partial charge in [0.25, 0.3) is 5.91 Å². The minimum atomic E-state index is -0.909. The molecule has 0 aliphatic heterocycles. The van der Waals surface area contributed by atoms with E-state index in [9.17, 15) is 14.0 Å². The first-order valence-electron chi connectivity index (χ1n) is 9.30. The van der Waals surface area contributed by atoms with Gasteiger partial charge in [-0.15, -0.1) is 0 Å². The van der Waals surface area contributed by atoms with Gasteiger partial charge < -0.3 is 14.8 Å². The zero-order valence-electron chi connectivity index (χ0n) is 16.4. The zero-order valence-corrected chi connectivity index (χ0v) is 16.4. The van der Waals surface area contributed by atoms with Gasteiger partial charge in [-0.3, -0.25) is 9.59 Å². The van der Waals surface area contributed by atoms with E-state index in [1.54, 1.807) is 19.1 Å². The Hall–Kier alpha value is -2.89. The number of ether oxygens (including phenoxy) is 2. The van der Waals surface area contributed by atoms with E-state index >= 15 is 0 Å². The molecule has 0 fully saturated rings. The molecule has 0 saturated heterocycles. The second kappa shape index (κ2) is 10.4. The number of carbonyl (C=O) groups is 2. The fourth-order valence-electron chi connectivity index (χ4n) is 2.59. The lowest BCUT2D eigenvalue weighted by Gasteiger charge is -2.18. The molecule has 2 atom stereocenters. The fourth-order valence-corrected chi connectivity index (χ4v) is 2.59. The molecule has 0 aromatic heterocycles. The standard InChI is InChI=1S/C22H26FNO4/c1-15-6-4-7-20(14-15)27-13-5-8-21(25)28-17(3)22(26)24-16(2)18-9-11-19(23)12-10-18/h4,6-7,9-12,14,16-17H,5,8,13H2,1-3H3,(H,24,26). The Morgan fingerprint density at radius 3 is 2.50 bits per heavy atom. The number of halogens is 1. The van der Waals surface area contributed by atoms with Gasteiger partial charge in [-0.25, -0.2) is 4.39 Å². The van der Waals surface area contributed by atoms with E-state index in [0.29, 0.717) is 13.0 Å². The summed E-state index contributed by atoms with van der Waals surface area (Å²) in [7, 11) is 0. The van der Waals surface area contributed by atoms with Crippen LogP contribution in [0.25, 0.3) is 0 Å². The molecular formula is C22H26FNO4. The summed E-state index contributed by atoms with van der Waals surface area (Å²) in [6.07, 6.45) is -0.252. The molecule has 0 bridgehead atoms. The third-order valence-electron chi connectivity index (χ3n) is 4.19. The highest BCUT2D eigenvalue weighted by Gasteiger charge is 2.20. The molecule has 2 rings (SSSR count). The molecule has 1 amide bonds. The number of benzene rings is 2. The van der Waals surface area contributed by atoms with Crippen LogP contribution in [0.2, 0.25) is 0 Å². The Morgan fingerprint density at radius 2 is 1.82 bits per heavy atom. The van der Waals surface area contributed by atoms with Gasteiger partial charge >= 0.3 is 5.97 Å². The maximum absolute atomic E-state index is 13.0. The highest BCUT2D eigenvalue weighted by molar-refractivity contribution is 5.83. The molecule has 28 heavy (non-hydrogen) atoms. The number of nitrogens with one attached hydrogen (secondary N) is 1. The molecule has 0 aliphatic carbocycles. The Balaban J connectivity index is 1.69. The van der Waals surface area contributed by atoms with Crippen molar-refractivity contribution in [2.45, 2.75) is 45.8 Å². The van der Waals surface area contributed by atoms with E-state index in [4.69, 9.17) is 9.47 Å². The van der Waals surface area contributed by atoms with Crippen LogP contribution in [0.4, 0.5) is 4.39 Å². The second-order valence-corrected chi connectivity index (χ2v) is 6.68. The molecule has 150 valence electrons. The SMILES string of the molecule is Cc1cccc(OCCCC(=O)OC(C)C(=O)NC(C)c2ccc(F)cc2)c1. The van der Waals surface area contributed by atoms with Crippen LogP contribution in [-0.2, 0) is 14.3 Å². The summed E-state index contributed by atoms with van der Waals surface area (Å²) in [6, 6.07) is 13.2. The van der Waals surface area contributed by atoms with Gasteiger partial charge in [-0.05, 0) is 62.6 Å². The van der Waals surface area contributed by atoms with Gasteiger partial charge in [0, 0.05) is 6.42 Å². The fraction of sp³-hybridized carbons (Fsp3) is 0.364. The van der Waals surface area contributed by atoms with Gasteiger partial charge in [0.2, 0.25) is 0 Å². The monoisotopic (exact) mass is 387 g/mol. The number of hydrogen-bond acceptors (Lipinski definition) is 4. The average Bonchev–Trinajstić information content (AvgIpc) is 2.65. The summed E-state index contributed by atoms with van der Waals surface area (Å²) >= 11 is 0. The van der Waals surface area contributed by atoms with Crippen LogP contribution in [0.1, 0.15) is 43.9 Å². The first-order valence-corrected chi connectivity index (χ1v) is 9.30. The first-order chi connectivity index (χ1) is 13.3. The lowest BCUT2D eigenvalue weighted by molar-refractivity contribution is -0.155. The number of hydrogen-bond donors (Lipinski definition) is 1. The van der Waals surface area contributed by atoms with Gasteiger partial charge in [-0.1, -0.05) is 24.3 Å². The Labute approximate surface area is 164 Å². The van der Waals surface area contributed by atoms with E-state index in [0.717, 1.165) is 16.9 Å². The molecule has 0 saturated carbocycles. The molecule has 0 radical (unpaired) electrons.